The van der Waals surface area contributed by atoms with Gasteiger partial charge in [0.25, 0.3) is 0 Å². The second kappa shape index (κ2) is 8.58. The Bertz CT molecular complexity index is 932. The van der Waals surface area contributed by atoms with Gasteiger partial charge in [-0.3, -0.25) is 0 Å². The van der Waals surface area contributed by atoms with Crippen molar-refractivity contribution in [2.24, 2.45) is 0 Å². The summed E-state index contributed by atoms with van der Waals surface area (Å²) in [5.74, 6) is 0.346. The first-order chi connectivity index (χ1) is 13.2. The number of carbonyl (C=O) groups excluding carboxylic acids is 1. The van der Waals surface area contributed by atoms with Gasteiger partial charge in [0.15, 0.2) is 0 Å². The van der Waals surface area contributed by atoms with E-state index in [9.17, 15) is 9.90 Å². The van der Waals surface area contributed by atoms with E-state index in [4.69, 9.17) is 9.47 Å². The van der Waals surface area contributed by atoms with Crippen LogP contribution in [0.25, 0.3) is 10.8 Å². The summed E-state index contributed by atoms with van der Waals surface area (Å²) in [5, 5.41) is 12.2. The number of aryl methyl sites for hydroxylation is 1. The Labute approximate surface area is 159 Å². The maximum atomic E-state index is 12.7. The fraction of sp³-hybridized carbons (Fsp3) is 0.261. The van der Waals surface area contributed by atoms with Crippen molar-refractivity contribution in [1.82, 2.24) is 0 Å². The predicted molar refractivity (Wildman–Crippen MR) is 107 cm³/mol. The van der Waals surface area contributed by atoms with Crippen molar-refractivity contribution in [3.63, 3.8) is 0 Å². The number of fused-ring (bicyclic) bond motifs is 1. The van der Waals surface area contributed by atoms with Crippen molar-refractivity contribution >= 4 is 16.7 Å². The van der Waals surface area contributed by atoms with Crippen LogP contribution >= 0.6 is 0 Å². The molecule has 0 radical (unpaired) electrons. The van der Waals surface area contributed by atoms with Crippen molar-refractivity contribution < 1.29 is 19.4 Å². The molecule has 0 unspecified atom stereocenters. The van der Waals surface area contributed by atoms with Gasteiger partial charge in [0, 0.05) is 10.8 Å². The Morgan fingerprint density at radius 3 is 2.52 bits per heavy atom. The number of ether oxygens (including phenoxy) is 2. The van der Waals surface area contributed by atoms with Crippen molar-refractivity contribution in [2.45, 2.75) is 33.1 Å². The molecule has 0 bridgehead atoms. The molecule has 0 spiro atoms. The number of phenolic OH excluding ortho intramolecular Hbond substituents is 1. The zero-order valence-corrected chi connectivity index (χ0v) is 15.7. The second-order valence-electron chi connectivity index (χ2n) is 6.37. The van der Waals surface area contributed by atoms with Gasteiger partial charge in [-0.05, 0) is 36.6 Å². The number of carbonyl (C=O) groups is 1. The van der Waals surface area contributed by atoms with E-state index < -0.39 is 5.97 Å². The van der Waals surface area contributed by atoms with Crippen LogP contribution in [0.5, 0.6) is 17.2 Å². The number of rotatable bonds is 7. The predicted octanol–water partition coefficient (Wildman–Crippen LogP) is 5.51. The summed E-state index contributed by atoms with van der Waals surface area (Å²) in [6.07, 6.45) is 2.73. The molecule has 0 aliphatic heterocycles. The molecular weight excluding hydrogens is 340 g/mol. The monoisotopic (exact) mass is 364 g/mol. The molecule has 0 aromatic heterocycles. The minimum absolute atomic E-state index is 0.0796. The molecule has 3 aromatic carbocycles. The van der Waals surface area contributed by atoms with Gasteiger partial charge in [-0.25, -0.2) is 4.79 Å². The molecule has 3 aromatic rings. The fourth-order valence-corrected chi connectivity index (χ4v) is 3.05. The van der Waals surface area contributed by atoms with E-state index in [-0.39, 0.29) is 11.3 Å². The average Bonchev–Trinajstić information content (AvgIpc) is 2.70. The van der Waals surface area contributed by atoms with Crippen LogP contribution in [0.4, 0.5) is 0 Å². The first kappa shape index (κ1) is 18.8. The lowest BCUT2D eigenvalue weighted by Gasteiger charge is -2.16. The van der Waals surface area contributed by atoms with Crippen LogP contribution in [0.2, 0.25) is 0 Å². The van der Waals surface area contributed by atoms with Gasteiger partial charge >= 0.3 is 5.97 Å². The molecule has 1 N–H and O–H groups in total. The van der Waals surface area contributed by atoms with Crippen molar-refractivity contribution in [2.75, 3.05) is 6.61 Å². The van der Waals surface area contributed by atoms with Gasteiger partial charge in [0.1, 0.15) is 22.8 Å². The second-order valence-corrected chi connectivity index (χ2v) is 6.37. The van der Waals surface area contributed by atoms with Crippen LogP contribution < -0.4 is 9.47 Å². The van der Waals surface area contributed by atoms with E-state index in [1.807, 2.05) is 18.2 Å². The first-order valence-corrected chi connectivity index (χ1v) is 9.33. The van der Waals surface area contributed by atoms with Gasteiger partial charge < -0.3 is 14.6 Å². The van der Waals surface area contributed by atoms with Crippen LogP contribution in [-0.4, -0.2) is 17.7 Å². The van der Waals surface area contributed by atoms with Gasteiger partial charge in [-0.15, -0.1) is 0 Å². The standard InChI is InChI=1S/C23H24O4/c1-3-5-14-26-20-15-19(23(25)27-17-11-7-6-8-12-17)22(24)18-13-9-10-16(4-2)21(18)20/h6-13,15,24H,3-5,14H2,1-2H3. The normalized spacial score (nSPS) is 10.7. The van der Waals surface area contributed by atoms with E-state index in [0.29, 0.717) is 23.5 Å². The quantitative estimate of drug-likeness (QED) is 0.341. The molecule has 0 amide bonds. The first-order valence-electron chi connectivity index (χ1n) is 9.33. The SMILES string of the molecule is CCCCOc1cc(C(=O)Oc2ccccc2)c(O)c2cccc(CC)c12. The number of aromatic hydroxyl groups is 1. The summed E-state index contributed by atoms with van der Waals surface area (Å²) < 4.78 is 11.4. The van der Waals surface area contributed by atoms with E-state index in [2.05, 4.69) is 13.8 Å². The molecule has 0 atom stereocenters. The molecule has 0 saturated carbocycles. The summed E-state index contributed by atoms with van der Waals surface area (Å²) in [6, 6.07) is 16.1. The largest absolute Gasteiger partial charge is 0.506 e. The zero-order chi connectivity index (χ0) is 19.2. The number of benzene rings is 3. The highest BCUT2D eigenvalue weighted by atomic mass is 16.5. The number of para-hydroxylation sites is 1. The summed E-state index contributed by atoms with van der Waals surface area (Å²) in [6.45, 7) is 4.71. The zero-order valence-electron chi connectivity index (χ0n) is 15.7. The minimum atomic E-state index is -0.608. The summed E-state index contributed by atoms with van der Waals surface area (Å²) >= 11 is 0. The number of esters is 1. The highest BCUT2D eigenvalue weighted by Crippen LogP contribution is 2.39. The van der Waals surface area contributed by atoms with Gasteiger partial charge in [0.05, 0.1) is 6.61 Å². The average molecular weight is 364 g/mol. The summed E-state index contributed by atoms with van der Waals surface area (Å²) in [7, 11) is 0. The summed E-state index contributed by atoms with van der Waals surface area (Å²) in [4.78, 5) is 12.7. The van der Waals surface area contributed by atoms with E-state index in [1.165, 1.54) is 0 Å². The molecule has 4 nitrogen and oxygen atoms in total. The smallest absolute Gasteiger partial charge is 0.347 e. The molecule has 0 heterocycles. The van der Waals surface area contributed by atoms with Crippen LogP contribution in [0.1, 0.15) is 42.6 Å². The third-order valence-electron chi connectivity index (χ3n) is 4.49. The highest BCUT2D eigenvalue weighted by Gasteiger charge is 2.21. The minimum Gasteiger partial charge on any atom is -0.506 e. The van der Waals surface area contributed by atoms with Gasteiger partial charge in [-0.2, -0.15) is 0 Å². The molecule has 0 aliphatic rings. The fourth-order valence-electron chi connectivity index (χ4n) is 3.05. The number of hydrogen-bond donors (Lipinski definition) is 1. The van der Waals surface area contributed by atoms with Crippen molar-refractivity contribution in [3.05, 3.63) is 65.7 Å². The molecule has 0 saturated heterocycles. The van der Waals surface area contributed by atoms with E-state index in [0.717, 1.165) is 30.2 Å². The third-order valence-corrected chi connectivity index (χ3v) is 4.49. The van der Waals surface area contributed by atoms with Crippen LogP contribution in [0.15, 0.2) is 54.6 Å². The molecule has 140 valence electrons. The maximum absolute atomic E-state index is 12.7. The van der Waals surface area contributed by atoms with E-state index >= 15 is 0 Å². The van der Waals surface area contributed by atoms with Crippen molar-refractivity contribution in [1.29, 1.82) is 0 Å². The number of unbranched alkanes of at least 4 members (excludes halogenated alkanes) is 1. The lowest BCUT2D eigenvalue weighted by Crippen LogP contribution is -2.10. The molecule has 0 fully saturated rings. The summed E-state index contributed by atoms with van der Waals surface area (Å²) in [5.41, 5.74) is 1.17. The molecule has 4 heteroatoms. The Hall–Kier alpha value is -3.01. The Morgan fingerprint density at radius 2 is 1.81 bits per heavy atom. The molecular formula is C23H24O4. The molecule has 0 aliphatic carbocycles. The molecule has 27 heavy (non-hydrogen) atoms. The maximum Gasteiger partial charge on any atom is 0.347 e. The number of phenols is 1. The molecule has 3 rings (SSSR count). The van der Waals surface area contributed by atoms with Gasteiger partial charge in [-0.1, -0.05) is 56.7 Å². The third kappa shape index (κ3) is 4.05. The lowest BCUT2D eigenvalue weighted by atomic mass is 9.98. The van der Waals surface area contributed by atoms with E-state index in [1.54, 1.807) is 36.4 Å². The Morgan fingerprint density at radius 1 is 1.04 bits per heavy atom. The Kier molecular flexibility index (Phi) is 5.97. The van der Waals surface area contributed by atoms with Crippen LogP contribution in [-0.2, 0) is 6.42 Å². The lowest BCUT2D eigenvalue weighted by molar-refractivity contribution is 0.0731. The van der Waals surface area contributed by atoms with Crippen LogP contribution in [0.3, 0.4) is 0 Å². The number of hydrogen-bond acceptors (Lipinski definition) is 4. The van der Waals surface area contributed by atoms with Crippen LogP contribution in [0, 0.1) is 0 Å². The Balaban J connectivity index is 2.07. The van der Waals surface area contributed by atoms with Gasteiger partial charge in [0.2, 0.25) is 0 Å². The van der Waals surface area contributed by atoms with Crippen molar-refractivity contribution in [3.8, 4) is 17.2 Å². The highest BCUT2D eigenvalue weighted by molar-refractivity contribution is 6.05. The topological polar surface area (TPSA) is 55.8 Å².